The molecule has 15 heavy (non-hydrogen) atoms. The molecule has 0 aliphatic heterocycles. The molecule has 0 amide bonds. The third kappa shape index (κ3) is 1.61. The lowest BCUT2D eigenvalue weighted by Crippen LogP contribution is -2.27. The van der Waals surface area contributed by atoms with E-state index in [-0.39, 0.29) is 16.2 Å². The Labute approximate surface area is 94.1 Å². The number of alkyl halides is 1. The van der Waals surface area contributed by atoms with Gasteiger partial charge in [0.1, 0.15) is 11.6 Å². The van der Waals surface area contributed by atoms with Crippen molar-refractivity contribution in [2.24, 2.45) is 0 Å². The number of fused-ring (bicyclic) bond motifs is 1. The summed E-state index contributed by atoms with van der Waals surface area (Å²) in [6, 6.07) is 3.15. The largest absolute Gasteiger partial charge is 0.324 e. The number of pyridine rings is 1. The van der Waals surface area contributed by atoms with Crippen LogP contribution in [0.2, 0.25) is 0 Å². The molecule has 5 heteroatoms. The normalized spacial score (nSPS) is 19.5. The van der Waals surface area contributed by atoms with E-state index in [4.69, 9.17) is 5.26 Å². The van der Waals surface area contributed by atoms with Crippen molar-refractivity contribution in [1.82, 2.24) is 4.98 Å². The predicted octanol–water partition coefficient (Wildman–Crippen LogP) is 1.14. The lowest BCUT2D eigenvalue weighted by molar-refractivity contribution is 0.0980. The van der Waals surface area contributed by atoms with Crippen LogP contribution in [-0.2, 0) is 6.42 Å². The number of nitriles is 1. The van der Waals surface area contributed by atoms with Gasteiger partial charge in [-0.15, -0.1) is 0 Å². The first-order valence-electron chi connectivity index (χ1n) is 4.48. The average Bonchev–Trinajstić information content (AvgIpc) is 2.23. The van der Waals surface area contributed by atoms with Crippen LogP contribution in [0.3, 0.4) is 0 Å². The number of hydrogen-bond donors (Lipinski definition) is 1. The van der Waals surface area contributed by atoms with Crippen molar-refractivity contribution in [1.29, 1.82) is 5.26 Å². The number of H-pyrrole nitrogens is 1. The SMILES string of the molecule is N#Cc1cc2c([nH]c1=O)CC[C@H](Br)C2=O. The molecule has 1 aliphatic carbocycles. The first-order valence-corrected chi connectivity index (χ1v) is 5.39. The number of Topliss-reactive ketones (excluding diaryl/α,β-unsaturated/α-hetero) is 1. The van der Waals surface area contributed by atoms with Crippen LogP contribution in [-0.4, -0.2) is 15.6 Å². The molecule has 0 spiro atoms. The maximum Gasteiger partial charge on any atom is 0.266 e. The van der Waals surface area contributed by atoms with Crippen LogP contribution in [0.15, 0.2) is 10.9 Å². The zero-order valence-electron chi connectivity index (χ0n) is 7.71. The minimum absolute atomic E-state index is 0.0105. The Morgan fingerprint density at radius 1 is 1.53 bits per heavy atom. The molecule has 0 saturated heterocycles. The number of hydrogen-bond acceptors (Lipinski definition) is 3. The predicted molar refractivity (Wildman–Crippen MR) is 57.1 cm³/mol. The minimum Gasteiger partial charge on any atom is -0.324 e. The van der Waals surface area contributed by atoms with E-state index >= 15 is 0 Å². The van der Waals surface area contributed by atoms with Gasteiger partial charge >= 0.3 is 0 Å². The molecule has 0 bridgehead atoms. The van der Waals surface area contributed by atoms with Crippen molar-refractivity contribution in [2.45, 2.75) is 17.7 Å². The van der Waals surface area contributed by atoms with E-state index < -0.39 is 5.56 Å². The van der Waals surface area contributed by atoms with Crippen LogP contribution in [0.4, 0.5) is 0 Å². The molecule has 1 atom stereocenters. The van der Waals surface area contributed by atoms with Crippen LogP contribution in [0.5, 0.6) is 0 Å². The Morgan fingerprint density at radius 3 is 2.93 bits per heavy atom. The molecule has 1 aromatic rings. The Morgan fingerprint density at radius 2 is 2.27 bits per heavy atom. The van der Waals surface area contributed by atoms with Crippen LogP contribution >= 0.6 is 15.9 Å². The molecule has 1 N–H and O–H groups in total. The summed E-state index contributed by atoms with van der Waals surface area (Å²) in [4.78, 5) is 25.4. The highest BCUT2D eigenvalue weighted by Gasteiger charge is 2.26. The van der Waals surface area contributed by atoms with E-state index in [0.717, 1.165) is 0 Å². The number of aromatic amines is 1. The van der Waals surface area contributed by atoms with E-state index in [1.165, 1.54) is 6.07 Å². The Balaban J connectivity index is 2.65. The summed E-state index contributed by atoms with van der Waals surface area (Å²) in [7, 11) is 0. The number of nitrogens with one attached hydrogen (secondary N) is 1. The third-order valence-corrected chi connectivity index (χ3v) is 3.31. The molecule has 0 radical (unpaired) electrons. The second-order valence-corrected chi connectivity index (χ2v) is 4.49. The van der Waals surface area contributed by atoms with Crippen LogP contribution in [0, 0.1) is 11.3 Å². The number of halogens is 1. The number of rotatable bonds is 0. The minimum atomic E-state index is -0.419. The summed E-state index contributed by atoms with van der Waals surface area (Å²) in [6.07, 6.45) is 1.33. The summed E-state index contributed by atoms with van der Waals surface area (Å²) in [5.41, 5.74) is 0.666. The maximum absolute atomic E-state index is 11.7. The van der Waals surface area contributed by atoms with Crippen molar-refractivity contribution < 1.29 is 4.79 Å². The molecule has 2 rings (SSSR count). The van der Waals surface area contributed by atoms with Gasteiger partial charge in [0.25, 0.3) is 5.56 Å². The van der Waals surface area contributed by atoms with E-state index in [1.807, 2.05) is 0 Å². The molecular weight excluding hydrogens is 260 g/mol. The number of aromatic nitrogens is 1. The van der Waals surface area contributed by atoms with E-state index in [0.29, 0.717) is 24.1 Å². The van der Waals surface area contributed by atoms with Crippen molar-refractivity contribution >= 4 is 21.7 Å². The lowest BCUT2D eigenvalue weighted by Gasteiger charge is -2.18. The van der Waals surface area contributed by atoms with Crippen molar-refractivity contribution in [2.75, 3.05) is 0 Å². The molecule has 0 unspecified atom stereocenters. The van der Waals surface area contributed by atoms with Gasteiger partial charge < -0.3 is 4.98 Å². The molecule has 1 heterocycles. The zero-order valence-corrected chi connectivity index (χ0v) is 9.30. The van der Waals surface area contributed by atoms with Gasteiger partial charge in [-0.25, -0.2) is 0 Å². The molecule has 0 saturated carbocycles. The molecule has 1 aliphatic rings. The summed E-state index contributed by atoms with van der Waals surface area (Å²) in [6.45, 7) is 0. The van der Waals surface area contributed by atoms with Crippen LogP contribution in [0.25, 0.3) is 0 Å². The maximum atomic E-state index is 11.7. The van der Waals surface area contributed by atoms with Gasteiger partial charge in [-0.2, -0.15) is 5.26 Å². The van der Waals surface area contributed by atoms with Gasteiger partial charge in [-0.1, -0.05) is 15.9 Å². The fourth-order valence-corrected chi connectivity index (χ4v) is 2.12. The van der Waals surface area contributed by atoms with Gasteiger partial charge in [0.05, 0.1) is 4.83 Å². The smallest absolute Gasteiger partial charge is 0.266 e. The fraction of sp³-hybridized carbons (Fsp3) is 0.300. The monoisotopic (exact) mass is 266 g/mol. The molecule has 4 nitrogen and oxygen atoms in total. The second-order valence-electron chi connectivity index (χ2n) is 3.39. The highest BCUT2D eigenvalue weighted by Crippen LogP contribution is 2.23. The second kappa shape index (κ2) is 3.63. The molecular formula is C10H7BrN2O2. The van der Waals surface area contributed by atoms with Crippen LogP contribution in [0.1, 0.15) is 28.0 Å². The summed E-state index contributed by atoms with van der Waals surface area (Å²) < 4.78 is 0. The van der Waals surface area contributed by atoms with Gasteiger partial charge in [0, 0.05) is 11.3 Å². The van der Waals surface area contributed by atoms with Gasteiger partial charge in [0.15, 0.2) is 5.78 Å². The number of carbonyl (C=O) groups excluding carboxylic acids is 1. The fourth-order valence-electron chi connectivity index (χ4n) is 1.64. The topological polar surface area (TPSA) is 73.7 Å². The standard InChI is InChI=1S/C10H7BrN2O2/c11-7-1-2-8-6(9(7)14)3-5(4-12)10(15)13-8/h3,7H,1-2H2,(H,13,15)/t7-/m0/s1. The van der Waals surface area contributed by atoms with E-state index in [1.54, 1.807) is 6.07 Å². The highest BCUT2D eigenvalue weighted by atomic mass is 79.9. The molecule has 0 aromatic carbocycles. The number of carbonyl (C=O) groups is 1. The van der Waals surface area contributed by atoms with Gasteiger partial charge in [-0.3, -0.25) is 9.59 Å². The summed E-state index contributed by atoms with van der Waals surface area (Å²) in [5, 5.41) is 8.68. The highest BCUT2D eigenvalue weighted by molar-refractivity contribution is 9.10. The number of nitrogens with zero attached hydrogens (tertiary/aromatic N) is 1. The quantitative estimate of drug-likeness (QED) is 0.716. The first-order chi connectivity index (χ1) is 7.13. The van der Waals surface area contributed by atoms with Crippen molar-refractivity contribution in [3.63, 3.8) is 0 Å². The number of ketones is 1. The van der Waals surface area contributed by atoms with Crippen LogP contribution < -0.4 is 5.56 Å². The Hall–Kier alpha value is -1.41. The zero-order chi connectivity index (χ0) is 11.0. The average molecular weight is 267 g/mol. The molecule has 0 fully saturated rings. The Bertz CT molecular complexity index is 527. The van der Waals surface area contributed by atoms with E-state index in [2.05, 4.69) is 20.9 Å². The number of aryl methyl sites for hydroxylation is 1. The van der Waals surface area contributed by atoms with Crippen molar-refractivity contribution in [3.05, 3.63) is 33.2 Å². The third-order valence-electron chi connectivity index (χ3n) is 2.44. The lowest BCUT2D eigenvalue weighted by atomic mass is 9.94. The van der Waals surface area contributed by atoms with Gasteiger partial charge in [-0.05, 0) is 18.9 Å². The van der Waals surface area contributed by atoms with Crippen molar-refractivity contribution in [3.8, 4) is 6.07 Å². The first kappa shape index (κ1) is 10.1. The molecule has 76 valence electrons. The summed E-state index contributed by atoms with van der Waals surface area (Å²) in [5.74, 6) is -0.0657. The molecule has 1 aromatic heterocycles. The van der Waals surface area contributed by atoms with Gasteiger partial charge in [0.2, 0.25) is 0 Å². The Kier molecular flexibility index (Phi) is 2.45. The summed E-state index contributed by atoms with van der Waals surface area (Å²) >= 11 is 3.26. The van der Waals surface area contributed by atoms with E-state index in [9.17, 15) is 9.59 Å².